The lowest BCUT2D eigenvalue weighted by molar-refractivity contribution is -0.908. The van der Waals surface area contributed by atoms with Crippen molar-refractivity contribution in [1.29, 1.82) is 0 Å². The van der Waals surface area contributed by atoms with Crippen LogP contribution < -0.4 is 34.0 Å². The van der Waals surface area contributed by atoms with Crippen molar-refractivity contribution in [3.05, 3.63) is 0 Å². The Morgan fingerprint density at radius 3 is 1.10 bits per heavy atom. The molecule has 0 atom stereocenters. The molecule has 0 fully saturated rings. The van der Waals surface area contributed by atoms with Crippen molar-refractivity contribution < 1.29 is 42.9 Å². The predicted octanol–water partition coefficient (Wildman–Crippen LogP) is -4.10. The number of nitrogens with zero attached hydrogens (tertiary/aromatic N) is 3. The molecule has 126 valence electrons. The van der Waals surface area contributed by atoms with Crippen LogP contribution in [0, 0.1) is 0 Å². The fourth-order valence-corrected chi connectivity index (χ4v) is 2.02. The Kier molecular flexibility index (Phi) is 16.0. The molecule has 0 aliphatic rings. The van der Waals surface area contributed by atoms with E-state index in [0.29, 0.717) is 0 Å². The van der Waals surface area contributed by atoms with Crippen molar-refractivity contribution in [2.75, 3.05) is 73.5 Å². The summed E-state index contributed by atoms with van der Waals surface area (Å²) in [6.07, 6.45) is 0. The Labute approximate surface area is 149 Å². The molecule has 0 radical (unpaired) electrons. The Morgan fingerprint density at radius 2 is 0.900 bits per heavy atom. The zero-order valence-corrected chi connectivity index (χ0v) is 17.9. The quantitative estimate of drug-likeness (QED) is 0.326. The van der Waals surface area contributed by atoms with Gasteiger partial charge >= 0.3 is 0 Å². The van der Waals surface area contributed by atoms with Gasteiger partial charge in [0.15, 0.2) is 0 Å². The second-order valence-corrected chi connectivity index (χ2v) is 6.25. The third-order valence-corrected chi connectivity index (χ3v) is 5.10. The molecule has 0 aromatic carbocycles. The smallest absolute Gasteiger partial charge is 0.0913 e. The molecule has 0 unspecified atom stereocenters. The van der Waals surface area contributed by atoms with E-state index in [9.17, 15) is 0 Å². The molecule has 3 nitrogen and oxygen atoms in total. The normalized spacial score (nSPS) is 12.0. The molecule has 0 aromatic rings. The Hall–Kier alpha value is 0.840. The molecule has 5 heteroatoms. The van der Waals surface area contributed by atoms with Crippen LogP contribution in [0.15, 0.2) is 0 Å². The minimum Gasteiger partial charge on any atom is -1.00 e. The summed E-state index contributed by atoms with van der Waals surface area (Å²) >= 11 is 0. The summed E-state index contributed by atoms with van der Waals surface area (Å²) < 4.78 is 2.38. The molecule has 0 rings (SSSR count). The van der Waals surface area contributed by atoms with E-state index in [1.165, 1.54) is 61.3 Å². The Bertz CT molecular complexity index is 195. The lowest BCUT2D eigenvalue weighted by Crippen LogP contribution is -3.00. The van der Waals surface area contributed by atoms with E-state index in [0.717, 1.165) is 0 Å². The van der Waals surface area contributed by atoms with E-state index < -0.39 is 0 Å². The van der Waals surface area contributed by atoms with Crippen LogP contribution in [0.4, 0.5) is 0 Å². The zero-order valence-electron chi connectivity index (χ0n) is 14.8. The van der Waals surface area contributed by atoms with Gasteiger partial charge in [-0.2, -0.15) is 0 Å². The maximum atomic E-state index is 2.50. The highest BCUT2D eigenvalue weighted by Crippen LogP contribution is 2.03. The number of hydrogen-bond donors (Lipinski definition) is 0. The molecule has 0 saturated carbocycles. The summed E-state index contributed by atoms with van der Waals surface area (Å²) in [5.74, 6) is 0. The summed E-state index contributed by atoms with van der Waals surface area (Å²) in [5, 5.41) is 0. The number of halogens is 2. The Balaban J connectivity index is -0.00000144. The number of likely N-dealkylation sites (N-methyl/N-ethyl adjacent to an activating group) is 3. The van der Waals surface area contributed by atoms with Gasteiger partial charge in [0.05, 0.1) is 53.4 Å². The minimum absolute atomic E-state index is 0. The fraction of sp³-hybridized carbons (Fsp3) is 1.00. The van der Waals surface area contributed by atoms with E-state index in [2.05, 4.69) is 53.7 Å². The highest BCUT2D eigenvalue weighted by Gasteiger charge is 2.19. The Morgan fingerprint density at radius 1 is 0.650 bits per heavy atom. The molecule has 0 spiro atoms. The fourth-order valence-electron chi connectivity index (χ4n) is 2.02. The van der Waals surface area contributed by atoms with E-state index in [1.807, 2.05) is 0 Å². The van der Waals surface area contributed by atoms with Crippen molar-refractivity contribution in [3.63, 3.8) is 0 Å². The molecular weight excluding hydrogens is 382 g/mol. The maximum Gasteiger partial charge on any atom is 0.0913 e. The van der Waals surface area contributed by atoms with Gasteiger partial charge in [-0.15, -0.1) is 0 Å². The second-order valence-electron chi connectivity index (χ2n) is 6.25. The van der Waals surface area contributed by atoms with Gasteiger partial charge in [0.2, 0.25) is 0 Å². The zero-order chi connectivity index (χ0) is 14.2. The van der Waals surface area contributed by atoms with E-state index >= 15 is 0 Å². The van der Waals surface area contributed by atoms with E-state index in [4.69, 9.17) is 0 Å². The average molecular weight is 419 g/mol. The first-order valence-electron chi connectivity index (χ1n) is 7.70. The van der Waals surface area contributed by atoms with E-state index in [1.54, 1.807) is 0 Å². The van der Waals surface area contributed by atoms with Gasteiger partial charge in [-0.25, -0.2) is 0 Å². The van der Waals surface area contributed by atoms with Crippen molar-refractivity contribution in [1.82, 2.24) is 4.90 Å². The predicted molar refractivity (Wildman–Crippen MR) is 81.8 cm³/mol. The minimum atomic E-state index is 0. The standard InChI is InChI=1S/C15H37N3.2BrH/c1-8-17(6,9-2)14-12-16(5)13-15-18(7,10-3)11-4;;/h8-15H2,1-7H3;2*1H/q+2;;/p-2. The van der Waals surface area contributed by atoms with E-state index in [-0.39, 0.29) is 34.0 Å². The molecule has 0 aliphatic carbocycles. The number of hydrogen-bond acceptors (Lipinski definition) is 1. The van der Waals surface area contributed by atoms with Gasteiger partial charge < -0.3 is 42.9 Å². The van der Waals surface area contributed by atoms with Gasteiger partial charge in [0.25, 0.3) is 0 Å². The van der Waals surface area contributed by atoms with Gasteiger partial charge in [-0.05, 0) is 34.7 Å². The van der Waals surface area contributed by atoms with Gasteiger partial charge in [0, 0.05) is 13.1 Å². The summed E-state index contributed by atoms with van der Waals surface area (Å²) in [6, 6.07) is 0. The summed E-state index contributed by atoms with van der Waals surface area (Å²) in [6.45, 7) is 19.1. The van der Waals surface area contributed by atoms with Crippen LogP contribution in [0.5, 0.6) is 0 Å². The monoisotopic (exact) mass is 417 g/mol. The van der Waals surface area contributed by atoms with Crippen LogP contribution in [0.1, 0.15) is 27.7 Å². The first-order valence-corrected chi connectivity index (χ1v) is 7.70. The molecule has 0 bridgehead atoms. The molecule has 0 saturated heterocycles. The van der Waals surface area contributed by atoms with Gasteiger partial charge in [0.1, 0.15) is 0 Å². The molecule has 0 aliphatic heterocycles. The molecule has 0 amide bonds. The van der Waals surface area contributed by atoms with Crippen LogP contribution in [0.3, 0.4) is 0 Å². The third-order valence-electron chi connectivity index (χ3n) is 5.10. The highest BCUT2D eigenvalue weighted by atomic mass is 79.9. The highest BCUT2D eigenvalue weighted by molar-refractivity contribution is 4.51. The SMILES string of the molecule is CC[N+](C)(CC)CCN(C)CC[N+](C)(CC)CC.[Br-].[Br-]. The van der Waals surface area contributed by atoms with Gasteiger partial charge in [-0.3, -0.25) is 4.90 Å². The van der Waals surface area contributed by atoms with Crippen LogP contribution in [0.25, 0.3) is 0 Å². The molecule has 0 heterocycles. The van der Waals surface area contributed by atoms with Crippen molar-refractivity contribution >= 4 is 0 Å². The second kappa shape index (κ2) is 12.4. The first kappa shape index (κ1) is 25.8. The molecule has 20 heavy (non-hydrogen) atoms. The first-order chi connectivity index (χ1) is 8.34. The number of rotatable bonds is 10. The van der Waals surface area contributed by atoms with Crippen LogP contribution in [-0.2, 0) is 0 Å². The topological polar surface area (TPSA) is 3.24 Å². The number of quaternary nitrogens is 2. The van der Waals surface area contributed by atoms with Gasteiger partial charge in [-0.1, -0.05) is 0 Å². The third kappa shape index (κ3) is 9.72. The average Bonchev–Trinajstić information content (AvgIpc) is 2.42. The lowest BCUT2D eigenvalue weighted by atomic mass is 10.3. The van der Waals surface area contributed by atoms with Crippen molar-refractivity contribution in [2.24, 2.45) is 0 Å². The van der Waals surface area contributed by atoms with Crippen LogP contribution >= 0.6 is 0 Å². The summed E-state index contributed by atoms with van der Waals surface area (Å²) in [7, 11) is 7.00. The van der Waals surface area contributed by atoms with Crippen molar-refractivity contribution in [2.45, 2.75) is 27.7 Å². The molecular formula is C15H37Br2N3. The van der Waals surface area contributed by atoms with Crippen molar-refractivity contribution in [3.8, 4) is 0 Å². The van der Waals surface area contributed by atoms with Crippen LogP contribution in [-0.4, -0.2) is 87.4 Å². The molecule has 0 N–H and O–H groups in total. The summed E-state index contributed by atoms with van der Waals surface area (Å²) in [4.78, 5) is 2.50. The maximum absolute atomic E-state index is 2.50. The molecule has 0 aromatic heterocycles. The summed E-state index contributed by atoms with van der Waals surface area (Å²) in [5.41, 5.74) is 0. The largest absolute Gasteiger partial charge is 1.00 e. The lowest BCUT2D eigenvalue weighted by Gasteiger charge is -2.36. The van der Waals surface area contributed by atoms with Crippen LogP contribution in [0.2, 0.25) is 0 Å².